The summed E-state index contributed by atoms with van der Waals surface area (Å²) < 4.78 is 0. The summed E-state index contributed by atoms with van der Waals surface area (Å²) in [7, 11) is 0. The van der Waals surface area contributed by atoms with E-state index >= 15 is 0 Å². The molecule has 0 amide bonds. The highest BCUT2D eigenvalue weighted by atomic mass is 14.1. The van der Waals surface area contributed by atoms with Crippen molar-refractivity contribution in [1.82, 2.24) is 0 Å². The Labute approximate surface area is 80.7 Å². The lowest BCUT2D eigenvalue weighted by Crippen LogP contribution is -1.88. The van der Waals surface area contributed by atoms with Gasteiger partial charge in [0.15, 0.2) is 0 Å². The average Bonchev–Trinajstić information content (AvgIpc) is 2.69. The predicted molar refractivity (Wildman–Crippen MR) is 56.3 cm³/mol. The Kier molecular flexibility index (Phi) is 2.87. The Hall–Kier alpha value is -0.960. The van der Waals surface area contributed by atoms with Crippen molar-refractivity contribution in [3.63, 3.8) is 0 Å². The van der Waals surface area contributed by atoms with E-state index in [4.69, 9.17) is 0 Å². The Morgan fingerprint density at radius 3 is 1.85 bits per heavy atom. The quantitative estimate of drug-likeness (QED) is 0.490. The Morgan fingerprint density at radius 1 is 0.769 bits per heavy atom. The second-order valence-electron chi connectivity index (χ2n) is 3.85. The van der Waals surface area contributed by atoms with Crippen molar-refractivity contribution in [1.29, 1.82) is 0 Å². The molecule has 0 radical (unpaired) electrons. The lowest BCUT2D eigenvalue weighted by molar-refractivity contribution is 0.715. The third kappa shape index (κ3) is 2.49. The third-order valence-electron chi connectivity index (χ3n) is 2.72. The van der Waals surface area contributed by atoms with Crippen LogP contribution in [0.2, 0.25) is 0 Å². The van der Waals surface area contributed by atoms with Crippen LogP contribution in [-0.4, -0.2) is 0 Å². The molecule has 0 bridgehead atoms. The number of allylic oxidation sites excluding steroid dienone is 4. The zero-order valence-corrected chi connectivity index (χ0v) is 8.10. The van der Waals surface area contributed by atoms with Gasteiger partial charge in [0, 0.05) is 0 Å². The Bertz CT molecular complexity index is 294. The van der Waals surface area contributed by atoms with Crippen molar-refractivity contribution < 1.29 is 0 Å². The third-order valence-corrected chi connectivity index (χ3v) is 2.72. The first-order valence-electron chi connectivity index (χ1n) is 5.35. The van der Waals surface area contributed by atoms with E-state index in [0.717, 1.165) is 0 Å². The van der Waals surface area contributed by atoms with E-state index in [1.807, 2.05) is 0 Å². The van der Waals surface area contributed by atoms with Gasteiger partial charge in [-0.25, -0.2) is 0 Å². The van der Waals surface area contributed by atoms with Crippen LogP contribution in [0.5, 0.6) is 0 Å². The fourth-order valence-corrected chi connectivity index (χ4v) is 1.90. The molecule has 0 saturated heterocycles. The molecule has 0 saturated carbocycles. The number of rotatable bonds is 0. The summed E-state index contributed by atoms with van der Waals surface area (Å²) >= 11 is 0. The molecule has 0 heterocycles. The molecule has 0 unspecified atom stereocenters. The molecule has 2 rings (SSSR count). The fourth-order valence-electron chi connectivity index (χ4n) is 1.90. The van der Waals surface area contributed by atoms with Crippen LogP contribution in [0.4, 0.5) is 0 Å². The fraction of sp³-hybridized carbons (Fsp3) is 0.538. The molecule has 0 aromatic carbocycles. The van der Waals surface area contributed by atoms with E-state index in [9.17, 15) is 0 Å². The highest BCUT2D eigenvalue weighted by molar-refractivity contribution is 5.39. The molecule has 2 aliphatic carbocycles. The van der Waals surface area contributed by atoms with E-state index in [-0.39, 0.29) is 0 Å². The molecule has 0 atom stereocenters. The highest BCUT2D eigenvalue weighted by Gasteiger charge is 2.02. The van der Waals surface area contributed by atoms with E-state index < -0.39 is 0 Å². The average molecular weight is 172 g/mol. The second kappa shape index (κ2) is 4.33. The summed E-state index contributed by atoms with van der Waals surface area (Å²) in [5.41, 5.74) is 2.74. The van der Waals surface area contributed by atoms with Gasteiger partial charge in [-0.05, 0) is 56.1 Å². The van der Waals surface area contributed by atoms with Crippen molar-refractivity contribution in [2.24, 2.45) is 0 Å². The molecule has 2 aliphatic rings. The van der Waals surface area contributed by atoms with Crippen molar-refractivity contribution in [3.05, 3.63) is 23.3 Å². The lowest BCUT2D eigenvalue weighted by atomic mass is 10.00. The molecule has 68 valence electrons. The number of hydrogen-bond acceptors (Lipinski definition) is 0. The summed E-state index contributed by atoms with van der Waals surface area (Å²) in [4.78, 5) is 0. The summed E-state index contributed by atoms with van der Waals surface area (Å²) in [6, 6.07) is 0. The van der Waals surface area contributed by atoms with Gasteiger partial charge in [-0.3, -0.25) is 0 Å². The van der Waals surface area contributed by atoms with Crippen LogP contribution in [0.15, 0.2) is 23.3 Å². The first-order chi connectivity index (χ1) is 6.45. The molecule has 0 N–H and O–H groups in total. The molecular formula is C13H16. The smallest absolute Gasteiger partial charge is 0.00158 e. The summed E-state index contributed by atoms with van der Waals surface area (Å²) in [5, 5.41) is 0. The van der Waals surface area contributed by atoms with Crippen molar-refractivity contribution >= 4 is 0 Å². The standard InChI is InChI=1S/C13H16/c1-2-6-12(7-3-1)10-11-13-8-4-5-9-13/h6,8H,1-5,7,9H2. The van der Waals surface area contributed by atoms with Crippen molar-refractivity contribution in [2.45, 2.75) is 44.9 Å². The second-order valence-corrected chi connectivity index (χ2v) is 3.85. The molecule has 0 aromatic heterocycles. The van der Waals surface area contributed by atoms with E-state index in [1.54, 1.807) is 0 Å². The normalized spacial score (nSPS) is 21.5. The molecule has 0 aromatic rings. The van der Waals surface area contributed by atoms with Gasteiger partial charge in [0.1, 0.15) is 0 Å². The van der Waals surface area contributed by atoms with Crippen molar-refractivity contribution in [2.75, 3.05) is 0 Å². The minimum atomic E-state index is 1.21. The largest absolute Gasteiger partial charge is 0.0729 e. The van der Waals surface area contributed by atoms with Gasteiger partial charge in [0.05, 0.1) is 0 Å². The molecule has 0 fully saturated rings. The zero-order valence-electron chi connectivity index (χ0n) is 8.10. The van der Waals surface area contributed by atoms with Gasteiger partial charge < -0.3 is 0 Å². The molecule has 0 nitrogen and oxygen atoms in total. The van der Waals surface area contributed by atoms with Crippen LogP contribution < -0.4 is 0 Å². The van der Waals surface area contributed by atoms with Gasteiger partial charge in [0.2, 0.25) is 0 Å². The van der Waals surface area contributed by atoms with Gasteiger partial charge in [-0.2, -0.15) is 0 Å². The summed E-state index contributed by atoms with van der Waals surface area (Å²) in [5.74, 6) is 6.60. The molecule has 0 aliphatic heterocycles. The maximum atomic E-state index is 3.31. The lowest BCUT2D eigenvalue weighted by Gasteiger charge is -2.05. The van der Waals surface area contributed by atoms with Crippen LogP contribution in [0.3, 0.4) is 0 Å². The van der Waals surface area contributed by atoms with Crippen molar-refractivity contribution in [3.8, 4) is 11.8 Å². The van der Waals surface area contributed by atoms with Crippen LogP contribution in [0.25, 0.3) is 0 Å². The first-order valence-corrected chi connectivity index (χ1v) is 5.35. The monoisotopic (exact) mass is 172 g/mol. The maximum absolute atomic E-state index is 3.31. The zero-order chi connectivity index (χ0) is 8.93. The summed E-state index contributed by atoms with van der Waals surface area (Å²) in [6.07, 6.45) is 13.5. The topological polar surface area (TPSA) is 0 Å². The predicted octanol–water partition coefficient (Wildman–Crippen LogP) is 3.60. The minimum Gasteiger partial charge on any atom is -0.0729 e. The van der Waals surface area contributed by atoms with Gasteiger partial charge in [-0.1, -0.05) is 24.0 Å². The first kappa shape index (κ1) is 8.63. The molecular weight excluding hydrogens is 156 g/mol. The summed E-state index contributed by atoms with van der Waals surface area (Å²) in [6.45, 7) is 0. The van der Waals surface area contributed by atoms with Crippen LogP contribution in [-0.2, 0) is 0 Å². The minimum absolute atomic E-state index is 1.21. The highest BCUT2D eigenvalue weighted by Crippen LogP contribution is 2.19. The Balaban J connectivity index is 1.98. The van der Waals surface area contributed by atoms with Gasteiger partial charge in [-0.15, -0.1) is 0 Å². The van der Waals surface area contributed by atoms with Crippen LogP contribution in [0, 0.1) is 11.8 Å². The van der Waals surface area contributed by atoms with E-state index in [1.165, 1.54) is 56.1 Å². The molecule has 13 heavy (non-hydrogen) atoms. The molecule has 0 heteroatoms. The van der Waals surface area contributed by atoms with Crippen LogP contribution >= 0.6 is 0 Å². The van der Waals surface area contributed by atoms with Crippen LogP contribution in [0.1, 0.15) is 44.9 Å². The number of hydrogen-bond donors (Lipinski definition) is 0. The van der Waals surface area contributed by atoms with Gasteiger partial charge in [0.25, 0.3) is 0 Å². The van der Waals surface area contributed by atoms with E-state index in [2.05, 4.69) is 24.0 Å². The molecule has 0 spiro atoms. The maximum Gasteiger partial charge on any atom is -0.00158 e. The Morgan fingerprint density at radius 2 is 1.38 bits per heavy atom. The van der Waals surface area contributed by atoms with Gasteiger partial charge >= 0.3 is 0 Å². The SMILES string of the molecule is C(#CC1=CCCCC1)C1=CCCC1. The van der Waals surface area contributed by atoms with E-state index in [0.29, 0.717) is 0 Å².